The van der Waals surface area contributed by atoms with Crippen molar-refractivity contribution in [1.82, 2.24) is 9.97 Å². The van der Waals surface area contributed by atoms with Gasteiger partial charge in [-0.2, -0.15) is 0 Å². The van der Waals surface area contributed by atoms with Crippen molar-refractivity contribution in [2.75, 3.05) is 11.4 Å². The van der Waals surface area contributed by atoms with Crippen molar-refractivity contribution in [2.45, 2.75) is 51.5 Å². The third-order valence-electron chi connectivity index (χ3n) is 3.65. The maximum absolute atomic E-state index is 6.14. The fourth-order valence-electron chi connectivity index (χ4n) is 2.22. The van der Waals surface area contributed by atoms with Gasteiger partial charge >= 0.3 is 0 Å². The summed E-state index contributed by atoms with van der Waals surface area (Å²) in [6, 6.07) is 2.62. The van der Waals surface area contributed by atoms with Crippen LogP contribution in [0, 0.1) is 5.92 Å². The highest BCUT2D eigenvalue weighted by atomic mass is 35.5. The van der Waals surface area contributed by atoms with Gasteiger partial charge in [0.15, 0.2) is 0 Å². The van der Waals surface area contributed by atoms with E-state index in [4.69, 9.17) is 16.6 Å². The maximum atomic E-state index is 6.14. The molecule has 1 aromatic heterocycles. The van der Waals surface area contributed by atoms with Crippen molar-refractivity contribution in [3.63, 3.8) is 0 Å². The van der Waals surface area contributed by atoms with Gasteiger partial charge in [-0.05, 0) is 31.6 Å². The standard InChI is InChI=1S/C14H20ClN3/c1-9(2)14-16-12(15)7-13(17-14)18(11-5-6-11)8-10-3-4-10/h7,9-11H,3-6,8H2,1-2H3. The lowest BCUT2D eigenvalue weighted by molar-refractivity contribution is 0.694. The van der Waals surface area contributed by atoms with E-state index >= 15 is 0 Å². The van der Waals surface area contributed by atoms with Gasteiger partial charge in [-0.25, -0.2) is 9.97 Å². The molecule has 0 spiro atoms. The number of nitrogens with zero attached hydrogens (tertiary/aromatic N) is 3. The fraction of sp³-hybridized carbons (Fsp3) is 0.714. The second-order valence-corrected chi connectivity index (χ2v) is 6.28. The Hall–Kier alpha value is -0.830. The number of hydrogen-bond acceptors (Lipinski definition) is 3. The second kappa shape index (κ2) is 4.69. The molecule has 4 heteroatoms. The van der Waals surface area contributed by atoms with E-state index in [2.05, 4.69) is 23.7 Å². The van der Waals surface area contributed by atoms with Gasteiger partial charge in [0.1, 0.15) is 16.8 Å². The van der Waals surface area contributed by atoms with Gasteiger partial charge in [0.05, 0.1) is 0 Å². The molecule has 0 radical (unpaired) electrons. The van der Waals surface area contributed by atoms with Crippen LogP contribution in [-0.4, -0.2) is 22.6 Å². The van der Waals surface area contributed by atoms with Crippen LogP contribution in [0.15, 0.2) is 6.07 Å². The van der Waals surface area contributed by atoms with Crippen molar-refractivity contribution < 1.29 is 0 Å². The van der Waals surface area contributed by atoms with Crippen molar-refractivity contribution in [3.05, 3.63) is 17.0 Å². The molecule has 1 heterocycles. The molecular weight excluding hydrogens is 246 g/mol. The average Bonchev–Trinajstić information content (AvgIpc) is 3.17. The summed E-state index contributed by atoms with van der Waals surface area (Å²) in [5.74, 6) is 3.10. The zero-order chi connectivity index (χ0) is 12.7. The third-order valence-corrected chi connectivity index (χ3v) is 3.84. The molecule has 18 heavy (non-hydrogen) atoms. The van der Waals surface area contributed by atoms with Crippen LogP contribution in [0.25, 0.3) is 0 Å². The summed E-state index contributed by atoms with van der Waals surface area (Å²) in [4.78, 5) is 11.5. The monoisotopic (exact) mass is 265 g/mol. The third kappa shape index (κ3) is 2.77. The first-order valence-electron chi connectivity index (χ1n) is 6.94. The van der Waals surface area contributed by atoms with E-state index in [9.17, 15) is 0 Å². The second-order valence-electron chi connectivity index (χ2n) is 5.89. The minimum atomic E-state index is 0.324. The summed E-state index contributed by atoms with van der Waals surface area (Å²) in [7, 11) is 0. The summed E-state index contributed by atoms with van der Waals surface area (Å²) >= 11 is 6.14. The number of anilines is 1. The zero-order valence-electron chi connectivity index (χ0n) is 11.1. The molecule has 0 unspecified atom stereocenters. The van der Waals surface area contributed by atoms with Crippen LogP contribution in [0.2, 0.25) is 5.15 Å². The molecule has 3 rings (SSSR count). The molecule has 0 N–H and O–H groups in total. The van der Waals surface area contributed by atoms with Crippen molar-refractivity contribution in [3.8, 4) is 0 Å². The van der Waals surface area contributed by atoms with Crippen molar-refractivity contribution in [2.24, 2.45) is 5.92 Å². The van der Waals surface area contributed by atoms with E-state index in [1.807, 2.05) is 6.07 Å². The first kappa shape index (κ1) is 12.2. The molecule has 2 fully saturated rings. The molecule has 0 bridgehead atoms. The molecule has 2 aliphatic carbocycles. The highest BCUT2D eigenvalue weighted by Gasteiger charge is 2.34. The Morgan fingerprint density at radius 2 is 2.00 bits per heavy atom. The molecule has 1 aromatic rings. The highest BCUT2D eigenvalue weighted by Crippen LogP contribution is 2.37. The van der Waals surface area contributed by atoms with Gasteiger partial charge in [0.2, 0.25) is 0 Å². The van der Waals surface area contributed by atoms with E-state index in [0.717, 1.165) is 24.1 Å². The number of hydrogen-bond donors (Lipinski definition) is 0. The first-order valence-corrected chi connectivity index (χ1v) is 7.32. The van der Waals surface area contributed by atoms with Crippen molar-refractivity contribution >= 4 is 17.4 Å². The molecule has 98 valence electrons. The van der Waals surface area contributed by atoms with Gasteiger partial charge in [-0.1, -0.05) is 25.4 Å². The van der Waals surface area contributed by atoms with E-state index in [-0.39, 0.29) is 0 Å². The van der Waals surface area contributed by atoms with Crippen LogP contribution in [-0.2, 0) is 0 Å². The Kier molecular flexibility index (Phi) is 3.18. The van der Waals surface area contributed by atoms with E-state index in [1.54, 1.807) is 0 Å². The average molecular weight is 266 g/mol. The predicted molar refractivity (Wildman–Crippen MR) is 74.2 cm³/mol. The lowest BCUT2D eigenvalue weighted by Crippen LogP contribution is -2.29. The van der Waals surface area contributed by atoms with E-state index in [1.165, 1.54) is 25.7 Å². The number of halogens is 1. The van der Waals surface area contributed by atoms with Gasteiger partial charge in [-0.3, -0.25) is 0 Å². The Morgan fingerprint density at radius 1 is 1.28 bits per heavy atom. The van der Waals surface area contributed by atoms with Crippen molar-refractivity contribution in [1.29, 1.82) is 0 Å². The topological polar surface area (TPSA) is 29.0 Å². The van der Waals surface area contributed by atoms with Crippen LogP contribution >= 0.6 is 11.6 Å². The zero-order valence-corrected chi connectivity index (χ0v) is 11.8. The van der Waals surface area contributed by atoms with Gasteiger partial charge in [-0.15, -0.1) is 0 Å². The Balaban J connectivity index is 1.87. The Morgan fingerprint density at radius 3 is 2.56 bits per heavy atom. The normalized spacial score (nSPS) is 19.3. The number of aromatic nitrogens is 2. The van der Waals surface area contributed by atoms with E-state index in [0.29, 0.717) is 17.1 Å². The van der Waals surface area contributed by atoms with Crippen LogP contribution in [0.3, 0.4) is 0 Å². The Bertz CT molecular complexity index is 439. The van der Waals surface area contributed by atoms with Gasteiger partial charge < -0.3 is 4.90 Å². The summed E-state index contributed by atoms with van der Waals surface area (Å²) in [5, 5.41) is 0.574. The largest absolute Gasteiger partial charge is 0.353 e. The van der Waals surface area contributed by atoms with Crippen LogP contribution in [0.4, 0.5) is 5.82 Å². The molecule has 0 atom stereocenters. The van der Waals surface area contributed by atoms with Crippen LogP contribution in [0.1, 0.15) is 51.3 Å². The summed E-state index contributed by atoms with van der Waals surface area (Å²) < 4.78 is 0. The van der Waals surface area contributed by atoms with Gasteiger partial charge in [0, 0.05) is 24.6 Å². The molecule has 3 nitrogen and oxygen atoms in total. The molecule has 0 saturated heterocycles. The molecule has 0 aromatic carbocycles. The lowest BCUT2D eigenvalue weighted by atomic mass is 10.2. The molecule has 0 amide bonds. The molecule has 2 aliphatic rings. The minimum absolute atomic E-state index is 0.324. The first-order chi connectivity index (χ1) is 8.63. The predicted octanol–water partition coefficient (Wildman–Crippen LogP) is 3.63. The summed E-state index contributed by atoms with van der Waals surface area (Å²) in [6.07, 6.45) is 5.34. The maximum Gasteiger partial charge on any atom is 0.135 e. The van der Waals surface area contributed by atoms with Crippen LogP contribution < -0.4 is 4.90 Å². The summed E-state index contributed by atoms with van der Waals surface area (Å²) in [5.41, 5.74) is 0. The van der Waals surface area contributed by atoms with E-state index < -0.39 is 0 Å². The molecule has 2 saturated carbocycles. The number of rotatable bonds is 5. The SMILES string of the molecule is CC(C)c1nc(Cl)cc(N(CC2CC2)C2CC2)n1. The quantitative estimate of drug-likeness (QED) is 0.762. The fourth-order valence-corrected chi connectivity index (χ4v) is 2.41. The minimum Gasteiger partial charge on any atom is -0.353 e. The smallest absolute Gasteiger partial charge is 0.135 e. The van der Waals surface area contributed by atoms with Crippen LogP contribution in [0.5, 0.6) is 0 Å². The Labute approximate surface area is 114 Å². The molecular formula is C14H20ClN3. The lowest BCUT2D eigenvalue weighted by Gasteiger charge is -2.24. The molecule has 0 aliphatic heterocycles. The van der Waals surface area contributed by atoms with Gasteiger partial charge in [0.25, 0.3) is 0 Å². The highest BCUT2D eigenvalue weighted by molar-refractivity contribution is 6.29. The summed E-state index contributed by atoms with van der Waals surface area (Å²) in [6.45, 7) is 5.37.